The minimum absolute atomic E-state index is 0.0208. The summed E-state index contributed by atoms with van der Waals surface area (Å²) in [6.07, 6.45) is 9.55. The quantitative estimate of drug-likeness (QED) is 0.351. The van der Waals surface area contributed by atoms with E-state index < -0.39 is 37.2 Å². The molecule has 2 unspecified atom stereocenters. The van der Waals surface area contributed by atoms with Gasteiger partial charge in [-0.3, -0.25) is 4.98 Å². The number of aromatic nitrogens is 3. The van der Waals surface area contributed by atoms with Crippen molar-refractivity contribution in [1.29, 1.82) is 0 Å². The first-order valence-electron chi connectivity index (χ1n) is 16.1. The molecule has 10 heteroatoms. The number of ether oxygens (including phenoxy) is 1. The topological polar surface area (TPSA) is 86.6 Å². The molecule has 2 N–H and O–H groups in total. The summed E-state index contributed by atoms with van der Waals surface area (Å²) in [5.74, 6) is 0.775. The maximum Gasteiger partial charge on any atom is 0.319 e. The predicted molar refractivity (Wildman–Crippen MR) is 153 cm³/mol. The molecule has 4 saturated heterocycles. The number of aromatic hydroxyl groups is 1. The van der Waals surface area contributed by atoms with E-state index in [-0.39, 0.29) is 63.9 Å². The molecule has 41 heavy (non-hydrogen) atoms. The standard InChI is InChI=1S/C31H30F2N6O2/c1-3-22-25(32)9-6-17-11-21(40)12-23(26(17)22)28-27(33)29-24(14-35-28)30(39-15-18-7-8-19(39)13-34-18)37-31(36-29)41-16-20-5-4-10-38(20)2/h1,6,9,11-12,14,18-20,34,40H,4-5,7-8,10,13,15-16H2,2H3/t18?,19?,20-/m0/s1/i2D3,16D2. The van der Waals surface area contributed by atoms with Gasteiger partial charge in [0.05, 0.1) is 13.7 Å². The second-order valence-electron chi connectivity index (χ2n) is 10.7. The lowest BCUT2D eigenvalue weighted by atomic mass is 9.92. The Morgan fingerprint density at radius 3 is 2.93 bits per heavy atom. The highest BCUT2D eigenvalue weighted by molar-refractivity contribution is 6.03. The van der Waals surface area contributed by atoms with Crippen molar-refractivity contribution in [2.24, 2.45) is 0 Å². The maximum atomic E-state index is 16.8. The van der Waals surface area contributed by atoms with Crippen LogP contribution in [0.4, 0.5) is 14.6 Å². The number of fused-ring (bicyclic) bond motifs is 5. The number of likely N-dealkylation sites (N-methyl/N-ethyl adjacent to an activating group) is 1. The number of hydrogen-bond acceptors (Lipinski definition) is 8. The zero-order chi connectivity index (χ0) is 32.5. The summed E-state index contributed by atoms with van der Waals surface area (Å²) >= 11 is 0. The van der Waals surface area contributed by atoms with Crippen LogP contribution in [0.3, 0.4) is 0 Å². The summed E-state index contributed by atoms with van der Waals surface area (Å²) in [5.41, 5.74) is -0.577. The number of rotatable bonds is 5. The number of likely N-dealkylation sites (tertiary alicyclic amines) is 1. The van der Waals surface area contributed by atoms with Crippen molar-refractivity contribution in [1.82, 2.24) is 25.2 Å². The van der Waals surface area contributed by atoms with Crippen LogP contribution in [0, 0.1) is 24.0 Å². The largest absolute Gasteiger partial charge is 0.508 e. The zero-order valence-electron chi connectivity index (χ0n) is 27.0. The molecule has 8 nitrogen and oxygen atoms in total. The normalized spacial score (nSPS) is 25.0. The van der Waals surface area contributed by atoms with Crippen LogP contribution in [0.2, 0.25) is 0 Å². The van der Waals surface area contributed by atoms with Gasteiger partial charge < -0.3 is 25.0 Å². The van der Waals surface area contributed by atoms with E-state index in [1.165, 1.54) is 30.5 Å². The van der Waals surface area contributed by atoms with Gasteiger partial charge in [-0.1, -0.05) is 12.0 Å². The number of anilines is 1. The van der Waals surface area contributed by atoms with Crippen molar-refractivity contribution in [2.75, 3.05) is 38.1 Å². The number of nitrogens with one attached hydrogen (secondary N) is 1. The van der Waals surface area contributed by atoms with E-state index in [0.717, 1.165) is 17.7 Å². The van der Waals surface area contributed by atoms with Gasteiger partial charge in [0.25, 0.3) is 0 Å². The zero-order valence-corrected chi connectivity index (χ0v) is 22.0. The molecule has 2 bridgehead atoms. The molecular formula is C31H30F2N6O2. The van der Waals surface area contributed by atoms with Gasteiger partial charge in [-0.05, 0) is 62.8 Å². The third-order valence-electron chi connectivity index (χ3n) is 8.25. The number of phenols is 1. The second kappa shape index (κ2) is 10.1. The molecule has 0 amide bonds. The number of pyridine rings is 1. The lowest BCUT2D eigenvalue weighted by Gasteiger charge is -2.46. The van der Waals surface area contributed by atoms with Gasteiger partial charge in [0.2, 0.25) is 0 Å². The number of terminal acetylenes is 1. The number of piperidine rings is 2. The van der Waals surface area contributed by atoms with E-state index in [2.05, 4.69) is 26.2 Å². The van der Waals surface area contributed by atoms with Crippen molar-refractivity contribution in [3.63, 3.8) is 0 Å². The molecule has 4 fully saturated rings. The Hall–Kier alpha value is -4.07. The second-order valence-corrected chi connectivity index (χ2v) is 10.7. The molecule has 0 radical (unpaired) electrons. The highest BCUT2D eigenvalue weighted by Gasteiger charge is 2.36. The van der Waals surface area contributed by atoms with Gasteiger partial charge >= 0.3 is 6.01 Å². The first kappa shape index (κ1) is 20.8. The monoisotopic (exact) mass is 561 g/mol. The smallest absolute Gasteiger partial charge is 0.319 e. The molecule has 4 aliphatic rings. The highest BCUT2D eigenvalue weighted by atomic mass is 19.1. The van der Waals surface area contributed by atoms with E-state index >= 15 is 4.39 Å². The van der Waals surface area contributed by atoms with E-state index in [1.54, 1.807) is 0 Å². The Morgan fingerprint density at radius 2 is 2.17 bits per heavy atom. The molecule has 8 rings (SSSR count). The fourth-order valence-corrected chi connectivity index (χ4v) is 6.20. The molecule has 0 aliphatic carbocycles. The molecule has 3 atom stereocenters. The van der Waals surface area contributed by atoms with E-state index in [1.807, 2.05) is 4.90 Å². The first-order chi connectivity index (χ1) is 21.9. The Labute approximate surface area is 243 Å². The number of halogens is 2. The number of nitrogens with zero attached hydrogens (tertiary/aromatic N) is 5. The van der Waals surface area contributed by atoms with Crippen LogP contribution in [0.1, 0.15) is 38.1 Å². The summed E-state index contributed by atoms with van der Waals surface area (Å²) in [6.45, 7) is -3.68. The Morgan fingerprint density at radius 1 is 1.27 bits per heavy atom. The molecular weight excluding hydrogens is 526 g/mol. The fourth-order valence-electron chi connectivity index (χ4n) is 6.20. The Kier molecular flexibility index (Phi) is 5.10. The summed E-state index contributed by atoms with van der Waals surface area (Å²) in [4.78, 5) is 16.4. The van der Waals surface area contributed by atoms with Crippen LogP contribution < -0.4 is 15.0 Å². The maximum absolute atomic E-state index is 16.8. The average molecular weight is 562 g/mol. The van der Waals surface area contributed by atoms with E-state index in [4.69, 9.17) is 18.0 Å². The average Bonchev–Trinajstić information content (AvgIpc) is 3.54. The summed E-state index contributed by atoms with van der Waals surface area (Å²) in [5, 5.41) is 14.8. The van der Waals surface area contributed by atoms with Crippen molar-refractivity contribution < 1.29 is 25.5 Å². The molecule has 6 heterocycles. The molecule has 2 aromatic heterocycles. The van der Waals surface area contributed by atoms with Crippen molar-refractivity contribution >= 4 is 27.5 Å². The van der Waals surface area contributed by atoms with E-state index in [0.29, 0.717) is 30.7 Å². The van der Waals surface area contributed by atoms with Crippen LogP contribution in [0.15, 0.2) is 30.5 Å². The lowest BCUT2D eigenvalue weighted by molar-refractivity contribution is 0.188. The van der Waals surface area contributed by atoms with Gasteiger partial charge in [0.15, 0.2) is 5.82 Å². The SMILES string of the molecule is [2H]C([2H])(Oc1nc(N2CC3CCC2CN3)c2cnc(-c3cc(O)cc4ccc(F)c(C#C)c34)c(F)c2n1)[C@@H]1CCCN1C([2H])([2H])[2H]. The third kappa shape index (κ3) is 4.40. The molecule has 0 spiro atoms. The molecule has 4 aliphatic heterocycles. The Balaban J connectivity index is 1.41. The van der Waals surface area contributed by atoms with Gasteiger partial charge in [-0.25, -0.2) is 8.78 Å². The van der Waals surface area contributed by atoms with Gasteiger partial charge in [0.1, 0.15) is 35.2 Å². The summed E-state index contributed by atoms with van der Waals surface area (Å²) in [7, 11) is 0. The number of hydrogen-bond donors (Lipinski definition) is 2. The van der Waals surface area contributed by atoms with Crippen LogP contribution in [0.25, 0.3) is 32.9 Å². The molecule has 0 saturated carbocycles. The highest BCUT2D eigenvalue weighted by Crippen LogP contribution is 2.39. The minimum atomic E-state index is -2.54. The Bertz CT molecular complexity index is 1910. The van der Waals surface area contributed by atoms with Gasteiger partial charge in [0, 0.05) is 52.5 Å². The van der Waals surface area contributed by atoms with E-state index in [9.17, 15) is 9.50 Å². The van der Waals surface area contributed by atoms with Crippen LogP contribution in [-0.4, -0.2) is 76.3 Å². The molecule has 2 aromatic carbocycles. The third-order valence-corrected chi connectivity index (χ3v) is 8.25. The lowest BCUT2D eigenvalue weighted by Crippen LogP contribution is -2.61. The summed E-state index contributed by atoms with van der Waals surface area (Å²) < 4.78 is 78.4. The number of phenolic OH excluding ortho intramolecular Hbond substituents is 1. The van der Waals surface area contributed by atoms with Crippen molar-refractivity contribution in [3.8, 4) is 35.4 Å². The van der Waals surface area contributed by atoms with Crippen LogP contribution in [-0.2, 0) is 0 Å². The molecule has 4 aromatic rings. The van der Waals surface area contributed by atoms with Crippen LogP contribution >= 0.6 is 0 Å². The first-order valence-corrected chi connectivity index (χ1v) is 13.6. The number of piperazine rings is 1. The number of benzene rings is 2. The predicted octanol–water partition coefficient (Wildman–Crippen LogP) is 4.22. The van der Waals surface area contributed by atoms with Crippen molar-refractivity contribution in [2.45, 2.75) is 43.8 Å². The van der Waals surface area contributed by atoms with Crippen LogP contribution in [0.5, 0.6) is 11.8 Å². The van der Waals surface area contributed by atoms with Gasteiger partial charge in [-0.15, -0.1) is 6.42 Å². The minimum Gasteiger partial charge on any atom is -0.508 e. The summed E-state index contributed by atoms with van der Waals surface area (Å²) in [6, 6.07) is 3.83. The fraction of sp³-hybridized carbons (Fsp3) is 0.387. The molecule has 210 valence electrons. The van der Waals surface area contributed by atoms with Gasteiger partial charge in [-0.2, -0.15) is 9.97 Å². The van der Waals surface area contributed by atoms with Crippen molar-refractivity contribution in [3.05, 3.63) is 47.7 Å².